The fraction of sp³-hybridized carbons (Fsp3) is 1.00. The van der Waals surface area contributed by atoms with Crippen molar-refractivity contribution in [2.45, 2.75) is 32.3 Å². The molecule has 0 aromatic carbocycles. The van der Waals surface area contributed by atoms with Gasteiger partial charge >= 0.3 is 0 Å². The fourth-order valence-electron chi connectivity index (χ4n) is 1.79. The number of rotatable bonds is 0. The van der Waals surface area contributed by atoms with E-state index in [9.17, 15) is 5.11 Å². The molecular weight excluding hydrogens is 144 g/mol. The quantitative estimate of drug-likeness (QED) is 0.553. The minimum absolute atomic E-state index is 0.0709. The lowest BCUT2D eigenvalue weighted by Crippen LogP contribution is -2.44. The Morgan fingerprint density at radius 2 is 2.00 bits per heavy atom. The molecule has 2 unspecified atom stereocenters. The van der Waals surface area contributed by atoms with Gasteiger partial charge in [0.15, 0.2) is 6.29 Å². The smallest absolute Gasteiger partial charge is 0.161 e. The molecule has 0 aromatic heterocycles. The Balaban J connectivity index is 2.16. The number of ether oxygens (including phenoxy) is 2. The number of aliphatic hydroxyl groups is 1. The highest BCUT2D eigenvalue weighted by molar-refractivity contribution is 4.88. The molecule has 2 heterocycles. The molecule has 0 amide bonds. The van der Waals surface area contributed by atoms with Crippen LogP contribution in [0.1, 0.15) is 13.8 Å². The van der Waals surface area contributed by atoms with E-state index in [4.69, 9.17) is 9.47 Å². The van der Waals surface area contributed by atoms with Crippen molar-refractivity contribution < 1.29 is 14.6 Å². The highest BCUT2D eigenvalue weighted by Gasteiger charge is 2.45. The van der Waals surface area contributed by atoms with Crippen LogP contribution < -0.4 is 0 Å². The summed E-state index contributed by atoms with van der Waals surface area (Å²) in [5, 5.41) is 9.63. The van der Waals surface area contributed by atoms with Crippen LogP contribution >= 0.6 is 0 Å². The van der Waals surface area contributed by atoms with Gasteiger partial charge in [-0.15, -0.1) is 0 Å². The summed E-state index contributed by atoms with van der Waals surface area (Å²) in [5.74, 6) is 0.602. The predicted molar refractivity (Wildman–Crippen MR) is 38.9 cm³/mol. The summed E-state index contributed by atoms with van der Waals surface area (Å²) in [6, 6.07) is 0. The van der Waals surface area contributed by atoms with Crippen molar-refractivity contribution >= 4 is 0 Å². The summed E-state index contributed by atoms with van der Waals surface area (Å²) >= 11 is 0. The molecule has 2 fully saturated rings. The predicted octanol–water partition coefficient (Wildman–Crippen LogP) is 0.375. The normalized spacial score (nSPS) is 56.5. The first-order chi connectivity index (χ1) is 5.20. The highest BCUT2D eigenvalue weighted by atomic mass is 16.7. The van der Waals surface area contributed by atoms with E-state index in [1.165, 1.54) is 0 Å². The molecule has 0 aromatic rings. The average Bonchev–Trinajstić information content (AvgIpc) is 2.44. The van der Waals surface area contributed by atoms with Crippen LogP contribution in [0.3, 0.4) is 0 Å². The van der Waals surface area contributed by atoms with E-state index >= 15 is 0 Å². The Hall–Kier alpha value is -0.120. The van der Waals surface area contributed by atoms with Gasteiger partial charge in [-0.2, -0.15) is 0 Å². The van der Waals surface area contributed by atoms with Crippen LogP contribution in [0.25, 0.3) is 0 Å². The van der Waals surface area contributed by atoms with Gasteiger partial charge in [-0.25, -0.2) is 0 Å². The lowest BCUT2D eigenvalue weighted by atomic mass is 9.86. The zero-order valence-electron chi connectivity index (χ0n) is 6.86. The van der Waals surface area contributed by atoms with E-state index in [2.05, 4.69) is 6.92 Å². The van der Waals surface area contributed by atoms with Crippen molar-refractivity contribution in [1.29, 1.82) is 0 Å². The van der Waals surface area contributed by atoms with Crippen LogP contribution in [0.4, 0.5) is 0 Å². The fourth-order valence-corrected chi connectivity index (χ4v) is 1.79. The second kappa shape index (κ2) is 2.44. The van der Waals surface area contributed by atoms with Crippen LogP contribution in [0.5, 0.6) is 0 Å². The van der Waals surface area contributed by atoms with Gasteiger partial charge in [0.2, 0.25) is 0 Å². The van der Waals surface area contributed by atoms with Crippen LogP contribution in [-0.2, 0) is 9.47 Å². The van der Waals surface area contributed by atoms with Gasteiger partial charge in [-0.05, 0) is 5.92 Å². The number of fused-ring (bicyclic) bond motifs is 2. The summed E-state index contributed by atoms with van der Waals surface area (Å²) in [6.45, 7) is 4.66. The van der Waals surface area contributed by atoms with Crippen molar-refractivity contribution in [3.63, 3.8) is 0 Å². The molecule has 2 rings (SSSR count). The number of hydrogen-bond donors (Lipinski definition) is 1. The Labute approximate surface area is 66.3 Å². The molecule has 2 aliphatic heterocycles. The van der Waals surface area contributed by atoms with Gasteiger partial charge in [-0.1, -0.05) is 13.8 Å². The van der Waals surface area contributed by atoms with E-state index in [0.29, 0.717) is 18.4 Å². The molecule has 64 valence electrons. The number of aliphatic hydroxyl groups excluding tert-OH is 1. The maximum absolute atomic E-state index is 9.63. The molecule has 0 aliphatic carbocycles. The maximum atomic E-state index is 9.63. The van der Waals surface area contributed by atoms with E-state index in [1.54, 1.807) is 0 Å². The summed E-state index contributed by atoms with van der Waals surface area (Å²) in [4.78, 5) is 0. The Kier molecular flexibility index (Phi) is 1.67. The standard InChI is InChI=1S/C8H14O3/c1-4-5(2)8-10-3-6(11-8)7(4)9/h4-9H,3H2,1-2H3/t4?,5-,6?,7+,8+/m0/s1. The average molecular weight is 158 g/mol. The summed E-state index contributed by atoms with van der Waals surface area (Å²) < 4.78 is 10.8. The monoisotopic (exact) mass is 158 g/mol. The van der Waals surface area contributed by atoms with E-state index in [1.807, 2.05) is 6.92 Å². The lowest BCUT2D eigenvalue weighted by molar-refractivity contribution is -0.173. The number of hydrogen-bond acceptors (Lipinski definition) is 3. The maximum Gasteiger partial charge on any atom is 0.161 e. The molecule has 3 heteroatoms. The Morgan fingerprint density at radius 3 is 2.73 bits per heavy atom. The molecule has 0 radical (unpaired) electrons. The van der Waals surface area contributed by atoms with Crippen LogP contribution in [-0.4, -0.2) is 30.2 Å². The van der Waals surface area contributed by atoms with Crippen molar-refractivity contribution in [2.75, 3.05) is 6.61 Å². The van der Waals surface area contributed by atoms with Crippen LogP contribution in [0, 0.1) is 11.8 Å². The largest absolute Gasteiger partial charge is 0.390 e. The molecule has 3 nitrogen and oxygen atoms in total. The van der Waals surface area contributed by atoms with Crippen LogP contribution in [0.2, 0.25) is 0 Å². The molecule has 11 heavy (non-hydrogen) atoms. The molecule has 1 N–H and O–H groups in total. The molecule has 0 spiro atoms. The first kappa shape index (κ1) is 7.53. The van der Waals surface area contributed by atoms with Gasteiger partial charge in [0.1, 0.15) is 6.10 Å². The Morgan fingerprint density at radius 1 is 1.27 bits per heavy atom. The van der Waals surface area contributed by atoms with Crippen molar-refractivity contribution in [3.8, 4) is 0 Å². The summed E-state index contributed by atoms with van der Waals surface area (Å²) in [6.07, 6.45) is -0.492. The van der Waals surface area contributed by atoms with Gasteiger partial charge in [0.05, 0.1) is 12.7 Å². The molecule has 5 atom stereocenters. The lowest BCUT2D eigenvalue weighted by Gasteiger charge is -2.34. The third kappa shape index (κ3) is 0.991. The molecule has 2 bridgehead atoms. The van der Waals surface area contributed by atoms with E-state index < -0.39 is 0 Å². The molecule has 2 aliphatic rings. The third-order valence-electron chi connectivity index (χ3n) is 2.91. The first-order valence-electron chi connectivity index (χ1n) is 4.15. The molecule has 2 saturated heterocycles. The summed E-state index contributed by atoms with van der Waals surface area (Å²) in [5.41, 5.74) is 0. The van der Waals surface area contributed by atoms with Gasteiger partial charge in [0.25, 0.3) is 0 Å². The zero-order chi connectivity index (χ0) is 8.01. The molecular formula is C8H14O3. The second-order valence-corrected chi connectivity index (χ2v) is 3.59. The van der Waals surface area contributed by atoms with Crippen molar-refractivity contribution in [1.82, 2.24) is 0 Å². The van der Waals surface area contributed by atoms with Crippen molar-refractivity contribution in [2.24, 2.45) is 11.8 Å². The van der Waals surface area contributed by atoms with Gasteiger partial charge < -0.3 is 14.6 Å². The Bertz CT molecular complexity index is 139. The topological polar surface area (TPSA) is 38.7 Å². The second-order valence-electron chi connectivity index (χ2n) is 3.59. The van der Waals surface area contributed by atoms with Gasteiger partial charge in [0, 0.05) is 5.92 Å². The molecule has 0 saturated carbocycles. The van der Waals surface area contributed by atoms with Gasteiger partial charge in [-0.3, -0.25) is 0 Å². The van der Waals surface area contributed by atoms with E-state index in [-0.39, 0.29) is 18.5 Å². The zero-order valence-corrected chi connectivity index (χ0v) is 6.86. The minimum atomic E-state index is -0.344. The van der Waals surface area contributed by atoms with Crippen molar-refractivity contribution in [3.05, 3.63) is 0 Å². The first-order valence-corrected chi connectivity index (χ1v) is 4.15. The van der Waals surface area contributed by atoms with Crippen LogP contribution in [0.15, 0.2) is 0 Å². The minimum Gasteiger partial charge on any atom is -0.390 e. The summed E-state index contributed by atoms with van der Waals surface area (Å²) in [7, 11) is 0. The van der Waals surface area contributed by atoms with E-state index in [0.717, 1.165) is 0 Å². The SMILES string of the molecule is CC1[C@@H](O)C2CO[C@H](O2)[C@H]1C. The third-order valence-corrected chi connectivity index (χ3v) is 2.91. The highest BCUT2D eigenvalue weighted by Crippen LogP contribution is 2.35.